The van der Waals surface area contributed by atoms with E-state index in [9.17, 15) is 14.4 Å². The van der Waals surface area contributed by atoms with Gasteiger partial charge in [0.05, 0.1) is 0 Å². The number of hydrazine groups is 1. The van der Waals surface area contributed by atoms with Crippen LogP contribution in [0.25, 0.3) is 0 Å². The quantitative estimate of drug-likeness (QED) is 0.472. The largest absolute Gasteiger partial charge is 0.326 e. The van der Waals surface area contributed by atoms with Crippen LogP contribution in [0.4, 0.5) is 5.69 Å². The van der Waals surface area contributed by atoms with Crippen LogP contribution in [0.3, 0.4) is 0 Å². The normalized spacial score (nSPS) is 10.4. The van der Waals surface area contributed by atoms with Crippen LogP contribution in [-0.2, 0) is 9.59 Å². The van der Waals surface area contributed by atoms with Crippen molar-refractivity contribution in [1.82, 2.24) is 10.9 Å². The number of anilines is 1. The average molecular weight is 347 g/mol. The Morgan fingerprint density at radius 3 is 2.20 bits per heavy atom. The Labute approximate surface area is 149 Å². The molecule has 25 heavy (non-hydrogen) atoms. The van der Waals surface area contributed by atoms with E-state index in [4.69, 9.17) is 0 Å². The molecule has 0 radical (unpaired) electrons. The van der Waals surface area contributed by atoms with Gasteiger partial charge in [-0.1, -0.05) is 40.0 Å². The van der Waals surface area contributed by atoms with Crippen molar-refractivity contribution in [2.75, 3.05) is 5.32 Å². The van der Waals surface area contributed by atoms with Crippen molar-refractivity contribution in [3.8, 4) is 0 Å². The second kappa shape index (κ2) is 11.2. The maximum absolute atomic E-state index is 12.0. The van der Waals surface area contributed by atoms with E-state index in [-0.39, 0.29) is 23.6 Å². The number of carbonyl (C=O) groups is 3. The van der Waals surface area contributed by atoms with E-state index < -0.39 is 0 Å². The van der Waals surface area contributed by atoms with Crippen LogP contribution < -0.4 is 16.2 Å². The fraction of sp³-hybridized carbons (Fsp3) is 0.526. The zero-order valence-electron chi connectivity index (χ0n) is 15.4. The molecule has 6 heteroatoms. The Morgan fingerprint density at radius 1 is 0.920 bits per heavy atom. The molecule has 3 N–H and O–H groups in total. The summed E-state index contributed by atoms with van der Waals surface area (Å²) in [5.74, 6) is -0.345. The average Bonchev–Trinajstić information content (AvgIpc) is 2.56. The summed E-state index contributed by atoms with van der Waals surface area (Å²) in [4.78, 5) is 35.3. The van der Waals surface area contributed by atoms with Crippen molar-refractivity contribution in [1.29, 1.82) is 0 Å². The Balaban J connectivity index is 2.38. The lowest BCUT2D eigenvalue weighted by Gasteiger charge is -2.09. The molecule has 0 atom stereocenters. The van der Waals surface area contributed by atoms with Gasteiger partial charge in [-0.15, -0.1) is 0 Å². The number of amides is 3. The molecule has 0 bridgehead atoms. The summed E-state index contributed by atoms with van der Waals surface area (Å²) in [7, 11) is 0. The third-order valence-corrected chi connectivity index (χ3v) is 3.60. The zero-order valence-corrected chi connectivity index (χ0v) is 15.4. The number of carbonyl (C=O) groups excluding carboxylic acids is 3. The zero-order chi connectivity index (χ0) is 18.7. The molecule has 0 heterocycles. The minimum Gasteiger partial charge on any atom is -0.326 e. The highest BCUT2D eigenvalue weighted by atomic mass is 16.2. The SMILES string of the molecule is CCCCCCC(=O)NNC(=O)c1ccc(NC(=O)CC(C)C)cc1. The van der Waals surface area contributed by atoms with E-state index in [0.29, 0.717) is 24.1 Å². The van der Waals surface area contributed by atoms with Gasteiger partial charge in [-0.05, 0) is 36.6 Å². The number of nitrogens with one attached hydrogen (secondary N) is 3. The Bertz CT molecular complexity index is 568. The minimum absolute atomic E-state index is 0.0532. The second-order valence-electron chi connectivity index (χ2n) is 6.54. The van der Waals surface area contributed by atoms with Crippen LogP contribution in [0.1, 0.15) is 69.7 Å². The lowest BCUT2D eigenvalue weighted by molar-refractivity contribution is -0.122. The van der Waals surface area contributed by atoms with Crippen LogP contribution >= 0.6 is 0 Å². The van der Waals surface area contributed by atoms with E-state index in [1.165, 1.54) is 0 Å². The first kappa shape index (κ1) is 20.7. The third kappa shape index (κ3) is 8.88. The number of hydrogen-bond acceptors (Lipinski definition) is 3. The van der Waals surface area contributed by atoms with E-state index in [1.807, 2.05) is 13.8 Å². The molecule has 0 unspecified atom stereocenters. The van der Waals surface area contributed by atoms with Gasteiger partial charge in [0.15, 0.2) is 0 Å². The first-order valence-corrected chi connectivity index (χ1v) is 8.91. The molecule has 3 amide bonds. The van der Waals surface area contributed by atoms with Crippen LogP contribution in [0.2, 0.25) is 0 Å². The molecule has 0 aromatic heterocycles. The maximum Gasteiger partial charge on any atom is 0.269 e. The number of rotatable bonds is 9. The Hall–Kier alpha value is -2.37. The summed E-state index contributed by atoms with van der Waals surface area (Å²) in [6, 6.07) is 6.54. The van der Waals surface area contributed by atoms with Gasteiger partial charge in [0.25, 0.3) is 5.91 Å². The third-order valence-electron chi connectivity index (χ3n) is 3.60. The molecule has 0 aliphatic heterocycles. The molecule has 138 valence electrons. The van der Waals surface area contributed by atoms with Crippen LogP contribution in [0.15, 0.2) is 24.3 Å². The van der Waals surface area contributed by atoms with Gasteiger partial charge in [-0.2, -0.15) is 0 Å². The molecular formula is C19H29N3O3. The summed E-state index contributed by atoms with van der Waals surface area (Å²) in [5, 5.41) is 2.78. The highest BCUT2D eigenvalue weighted by molar-refractivity contribution is 5.96. The van der Waals surface area contributed by atoms with Gasteiger partial charge in [0, 0.05) is 24.1 Å². The van der Waals surface area contributed by atoms with Crippen molar-refractivity contribution >= 4 is 23.4 Å². The van der Waals surface area contributed by atoms with Crippen LogP contribution in [-0.4, -0.2) is 17.7 Å². The molecule has 0 saturated heterocycles. The van der Waals surface area contributed by atoms with Crippen molar-refractivity contribution < 1.29 is 14.4 Å². The summed E-state index contributed by atoms with van der Waals surface area (Å²) < 4.78 is 0. The summed E-state index contributed by atoms with van der Waals surface area (Å²) in [6.45, 7) is 6.07. The molecule has 0 aliphatic carbocycles. The van der Waals surface area contributed by atoms with Gasteiger partial charge in [0.1, 0.15) is 0 Å². The molecule has 0 saturated carbocycles. The van der Waals surface area contributed by atoms with Crippen LogP contribution in [0, 0.1) is 5.92 Å². The topological polar surface area (TPSA) is 87.3 Å². The monoisotopic (exact) mass is 347 g/mol. The maximum atomic E-state index is 12.0. The molecule has 1 aromatic rings. The highest BCUT2D eigenvalue weighted by Gasteiger charge is 2.09. The lowest BCUT2D eigenvalue weighted by atomic mass is 10.1. The number of hydrogen-bond donors (Lipinski definition) is 3. The smallest absolute Gasteiger partial charge is 0.269 e. The standard InChI is InChI=1S/C19H29N3O3/c1-4-5-6-7-8-17(23)21-22-19(25)15-9-11-16(12-10-15)20-18(24)13-14(2)3/h9-12,14H,4-8,13H2,1-3H3,(H,20,24)(H,21,23)(H,22,25). The summed E-state index contributed by atoms with van der Waals surface area (Å²) in [6.07, 6.45) is 4.92. The van der Waals surface area contributed by atoms with E-state index >= 15 is 0 Å². The molecule has 0 aliphatic rings. The fourth-order valence-electron chi connectivity index (χ4n) is 2.26. The van der Waals surface area contributed by atoms with Crippen molar-refractivity contribution in [3.63, 3.8) is 0 Å². The van der Waals surface area contributed by atoms with Crippen molar-refractivity contribution in [3.05, 3.63) is 29.8 Å². The van der Waals surface area contributed by atoms with Gasteiger partial charge in [-0.25, -0.2) is 0 Å². The van der Waals surface area contributed by atoms with Gasteiger partial charge >= 0.3 is 0 Å². The highest BCUT2D eigenvalue weighted by Crippen LogP contribution is 2.11. The minimum atomic E-state index is -0.387. The molecule has 0 spiro atoms. The van der Waals surface area contributed by atoms with Gasteiger partial charge in [-0.3, -0.25) is 25.2 Å². The van der Waals surface area contributed by atoms with Crippen molar-refractivity contribution in [2.45, 2.75) is 59.3 Å². The van der Waals surface area contributed by atoms with Crippen molar-refractivity contribution in [2.24, 2.45) is 5.92 Å². The summed E-state index contributed by atoms with van der Waals surface area (Å²) >= 11 is 0. The van der Waals surface area contributed by atoms with Gasteiger partial charge < -0.3 is 5.32 Å². The molecule has 1 rings (SSSR count). The number of benzene rings is 1. The Morgan fingerprint density at radius 2 is 1.60 bits per heavy atom. The lowest BCUT2D eigenvalue weighted by Crippen LogP contribution is -2.41. The molecule has 1 aromatic carbocycles. The molecule has 0 fully saturated rings. The van der Waals surface area contributed by atoms with Crippen LogP contribution in [0.5, 0.6) is 0 Å². The summed E-state index contributed by atoms with van der Waals surface area (Å²) in [5.41, 5.74) is 5.87. The van der Waals surface area contributed by atoms with E-state index in [2.05, 4.69) is 23.1 Å². The second-order valence-corrected chi connectivity index (χ2v) is 6.54. The first-order valence-electron chi connectivity index (χ1n) is 8.91. The molecule has 6 nitrogen and oxygen atoms in total. The number of unbranched alkanes of at least 4 members (excludes halogenated alkanes) is 3. The van der Waals surface area contributed by atoms with E-state index in [1.54, 1.807) is 24.3 Å². The predicted molar refractivity (Wildman–Crippen MR) is 98.9 cm³/mol. The predicted octanol–water partition coefficient (Wildman–Crippen LogP) is 3.40. The molecular weight excluding hydrogens is 318 g/mol. The van der Waals surface area contributed by atoms with Gasteiger partial charge in [0.2, 0.25) is 11.8 Å². The fourth-order valence-corrected chi connectivity index (χ4v) is 2.26. The Kier molecular flexibility index (Phi) is 9.29. The first-order chi connectivity index (χ1) is 11.9. The van der Waals surface area contributed by atoms with E-state index in [0.717, 1.165) is 25.7 Å².